The van der Waals surface area contributed by atoms with Gasteiger partial charge in [-0.3, -0.25) is 9.69 Å². The van der Waals surface area contributed by atoms with Gasteiger partial charge in [-0.25, -0.2) is 24.4 Å². The number of carbonyl (C=O) groups is 4. The fraction of sp³-hybridized carbons (Fsp3) is 0.333. The van der Waals surface area contributed by atoms with E-state index in [1.165, 1.54) is 19.2 Å². The van der Waals surface area contributed by atoms with Gasteiger partial charge < -0.3 is 24.8 Å². The Morgan fingerprint density at radius 1 is 0.976 bits per heavy atom. The van der Waals surface area contributed by atoms with E-state index < -0.39 is 17.5 Å². The smallest absolute Gasteiger partial charge is 0.410 e. The minimum absolute atomic E-state index is 0.0438. The summed E-state index contributed by atoms with van der Waals surface area (Å²) in [6.07, 6.45) is 0.0658. The summed E-state index contributed by atoms with van der Waals surface area (Å²) in [7, 11) is 1.28. The molecule has 12 nitrogen and oxygen atoms in total. The van der Waals surface area contributed by atoms with Gasteiger partial charge in [0, 0.05) is 44.0 Å². The van der Waals surface area contributed by atoms with Crippen molar-refractivity contribution in [3.8, 4) is 11.4 Å². The second-order valence-corrected chi connectivity index (χ2v) is 10.7. The summed E-state index contributed by atoms with van der Waals surface area (Å²) in [5.41, 5.74) is 1.23. The molecule has 220 valence electrons. The van der Waals surface area contributed by atoms with Crippen molar-refractivity contribution >= 4 is 35.8 Å². The number of benzene rings is 2. The number of amides is 1. The number of piperazine rings is 1. The summed E-state index contributed by atoms with van der Waals surface area (Å²) >= 11 is 0. The molecule has 0 bridgehead atoms. The van der Waals surface area contributed by atoms with Crippen LogP contribution in [0.2, 0.25) is 0 Å². The summed E-state index contributed by atoms with van der Waals surface area (Å²) < 4.78 is 10.2. The summed E-state index contributed by atoms with van der Waals surface area (Å²) in [6.45, 7) is 8.79. The first-order chi connectivity index (χ1) is 20.0. The van der Waals surface area contributed by atoms with E-state index in [1.54, 1.807) is 29.2 Å². The van der Waals surface area contributed by atoms with Gasteiger partial charge >= 0.3 is 18.0 Å². The average molecular weight is 576 g/mol. The number of rotatable bonds is 8. The lowest BCUT2D eigenvalue weighted by molar-refractivity contribution is 0.0138. The summed E-state index contributed by atoms with van der Waals surface area (Å²) in [5, 5.41) is 12.8. The van der Waals surface area contributed by atoms with Crippen molar-refractivity contribution in [2.45, 2.75) is 32.9 Å². The molecule has 0 saturated carbocycles. The van der Waals surface area contributed by atoms with Gasteiger partial charge in [-0.15, -0.1) is 0 Å². The van der Waals surface area contributed by atoms with E-state index in [0.717, 1.165) is 5.56 Å². The monoisotopic (exact) mass is 575 g/mol. The number of aromatic nitrogens is 2. The number of nitrogens with one attached hydrogen (secondary N) is 1. The predicted molar refractivity (Wildman–Crippen MR) is 154 cm³/mol. The Labute approximate surface area is 243 Å². The number of nitrogens with zero attached hydrogens (tertiary/aromatic N) is 4. The Morgan fingerprint density at radius 3 is 2.17 bits per heavy atom. The van der Waals surface area contributed by atoms with Crippen molar-refractivity contribution < 1.29 is 33.8 Å². The Balaban J connectivity index is 1.47. The Morgan fingerprint density at radius 2 is 1.62 bits per heavy atom. The maximum Gasteiger partial charge on any atom is 0.410 e. The van der Waals surface area contributed by atoms with E-state index in [-0.39, 0.29) is 29.0 Å². The standard InChI is InChI=1S/C30H33N5O7/c1-30(2,3)42-29(40)35-15-13-34(14-16-35)17-19-5-11-22(12-6-19)31-26-24(27(37)38)23(18-36)32-25(33-26)20-7-9-21(10-8-20)28(39)41-4/h5-12,18H,13-17H2,1-4H3,(H,37,38)(H,31,32,33). The fourth-order valence-corrected chi connectivity index (χ4v) is 4.37. The Hall–Kier alpha value is -4.84. The van der Waals surface area contributed by atoms with E-state index in [1.807, 2.05) is 32.9 Å². The zero-order valence-corrected chi connectivity index (χ0v) is 23.9. The predicted octanol–water partition coefficient (Wildman–Crippen LogP) is 4.24. The van der Waals surface area contributed by atoms with Crippen molar-refractivity contribution in [2.24, 2.45) is 0 Å². The lowest BCUT2D eigenvalue weighted by atomic mass is 10.1. The van der Waals surface area contributed by atoms with E-state index >= 15 is 0 Å². The first-order valence-electron chi connectivity index (χ1n) is 13.3. The third kappa shape index (κ3) is 7.46. The molecule has 0 aliphatic carbocycles. The molecule has 0 unspecified atom stereocenters. The summed E-state index contributed by atoms with van der Waals surface area (Å²) in [4.78, 5) is 60.4. The molecular weight excluding hydrogens is 542 g/mol. The molecule has 1 aromatic heterocycles. The van der Waals surface area contributed by atoms with Crippen LogP contribution in [0.15, 0.2) is 48.5 Å². The number of aromatic carboxylic acids is 1. The molecule has 0 atom stereocenters. The van der Waals surface area contributed by atoms with Crippen LogP contribution in [0.4, 0.5) is 16.3 Å². The molecule has 1 amide bonds. The van der Waals surface area contributed by atoms with Gasteiger partial charge in [-0.1, -0.05) is 24.3 Å². The second kappa shape index (κ2) is 12.8. The van der Waals surface area contributed by atoms with E-state index in [0.29, 0.717) is 55.8 Å². The highest BCUT2D eigenvalue weighted by atomic mass is 16.6. The number of methoxy groups -OCH3 is 1. The van der Waals surface area contributed by atoms with Crippen molar-refractivity contribution in [3.05, 3.63) is 70.9 Å². The third-order valence-corrected chi connectivity index (χ3v) is 6.47. The number of hydrogen-bond acceptors (Lipinski definition) is 10. The van der Waals surface area contributed by atoms with Gasteiger partial charge in [0.1, 0.15) is 22.7 Å². The Bertz CT molecular complexity index is 1460. The van der Waals surface area contributed by atoms with E-state index in [9.17, 15) is 24.3 Å². The number of ether oxygens (including phenoxy) is 2. The van der Waals surface area contributed by atoms with Gasteiger partial charge in [0.2, 0.25) is 0 Å². The van der Waals surface area contributed by atoms with Crippen LogP contribution in [-0.4, -0.2) is 88.1 Å². The molecule has 4 rings (SSSR count). The average Bonchev–Trinajstić information content (AvgIpc) is 2.96. The minimum atomic E-state index is -1.35. The molecule has 2 aromatic carbocycles. The van der Waals surface area contributed by atoms with Gasteiger partial charge in [0.15, 0.2) is 12.1 Å². The number of carbonyl (C=O) groups excluding carboxylic acids is 3. The van der Waals surface area contributed by atoms with Crippen LogP contribution >= 0.6 is 0 Å². The van der Waals surface area contributed by atoms with E-state index in [2.05, 4.69) is 20.2 Å². The first kappa shape index (κ1) is 30.1. The molecule has 42 heavy (non-hydrogen) atoms. The molecule has 0 radical (unpaired) electrons. The highest BCUT2D eigenvalue weighted by molar-refractivity contribution is 6.01. The van der Waals surface area contributed by atoms with Crippen LogP contribution in [0.3, 0.4) is 0 Å². The molecule has 2 heterocycles. The fourth-order valence-electron chi connectivity index (χ4n) is 4.37. The van der Waals surface area contributed by atoms with Crippen molar-refractivity contribution in [3.63, 3.8) is 0 Å². The molecule has 1 aliphatic heterocycles. The van der Waals surface area contributed by atoms with Crippen LogP contribution in [0, 0.1) is 0 Å². The highest BCUT2D eigenvalue weighted by Crippen LogP contribution is 2.26. The van der Waals surface area contributed by atoms with Gasteiger partial charge in [-0.05, 0) is 50.6 Å². The van der Waals surface area contributed by atoms with Crippen molar-refractivity contribution in [1.29, 1.82) is 0 Å². The number of anilines is 2. The SMILES string of the molecule is COC(=O)c1ccc(-c2nc(C=O)c(C(=O)O)c(Nc3ccc(CN4CCN(C(=O)OC(C)(C)C)CC4)cc3)n2)cc1. The number of aldehydes is 1. The van der Waals surface area contributed by atoms with Crippen LogP contribution in [0.1, 0.15) is 57.5 Å². The van der Waals surface area contributed by atoms with Crippen LogP contribution in [0.25, 0.3) is 11.4 Å². The first-order valence-corrected chi connectivity index (χ1v) is 13.3. The van der Waals surface area contributed by atoms with Gasteiger partial charge in [-0.2, -0.15) is 0 Å². The second-order valence-electron chi connectivity index (χ2n) is 10.7. The highest BCUT2D eigenvalue weighted by Gasteiger charge is 2.26. The number of carboxylic acid groups (broad SMARTS) is 1. The molecule has 12 heteroatoms. The zero-order chi connectivity index (χ0) is 30.4. The molecule has 1 fully saturated rings. The molecule has 1 aliphatic rings. The maximum absolute atomic E-state index is 12.3. The lowest BCUT2D eigenvalue weighted by Crippen LogP contribution is -2.49. The van der Waals surface area contributed by atoms with Crippen LogP contribution in [-0.2, 0) is 16.0 Å². The number of carboxylic acids is 1. The van der Waals surface area contributed by atoms with Crippen LogP contribution in [0.5, 0.6) is 0 Å². The largest absolute Gasteiger partial charge is 0.477 e. The normalized spacial score (nSPS) is 13.8. The van der Waals surface area contributed by atoms with Gasteiger partial charge in [0.05, 0.1) is 12.7 Å². The van der Waals surface area contributed by atoms with Crippen LogP contribution < -0.4 is 5.32 Å². The number of hydrogen-bond donors (Lipinski definition) is 2. The summed E-state index contributed by atoms with van der Waals surface area (Å²) in [5.74, 6) is -1.79. The summed E-state index contributed by atoms with van der Waals surface area (Å²) in [6, 6.07) is 13.6. The zero-order valence-electron chi connectivity index (χ0n) is 23.9. The molecule has 2 N–H and O–H groups in total. The van der Waals surface area contributed by atoms with E-state index in [4.69, 9.17) is 9.47 Å². The molecule has 0 spiro atoms. The lowest BCUT2D eigenvalue weighted by Gasteiger charge is -2.35. The maximum atomic E-state index is 12.3. The molecule has 1 saturated heterocycles. The Kier molecular flexibility index (Phi) is 9.16. The third-order valence-electron chi connectivity index (χ3n) is 6.47. The molecule has 3 aromatic rings. The molecular formula is C30H33N5O7. The quantitative estimate of drug-likeness (QED) is 0.293. The van der Waals surface area contributed by atoms with Crippen molar-refractivity contribution in [1.82, 2.24) is 19.8 Å². The minimum Gasteiger partial charge on any atom is -0.477 e. The number of esters is 1. The topological polar surface area (TPSA) is 151 Å². The van der Waals surface area contributed by atoms with Crippen molar-refractivity contribution in [2.75, 3.05) is 38.6 Å². The van der Waals surface area contributed by atoms with Gasteiger partial charge in [0.25, 0.3) is 0 Å².